The number of aromatic nitrogens is 1. The maximum Gasteiger partial charge on any atom is 0.268 e. The Bertz CT molecular complexity index is 830. The molecule has 0 unspecified atom stereocenters. The van der Waals surface area contributed by atoms with Gasteiger partial charge < -0.3 is 5.32 Å². The van der Waals surface area contributed by atoms with Gasteiger partial charge in [0.2, 0.25) is 0 Å². The number of benzene rings is 2. The predicted octanol–water partition coefficient (Wildman–Crippen LogP) is 4.99. The Labute approximate surface area is 140 Å². The molecule has 0 radical (unpaired) electrons. The molecule has 0 atom stereocenters. The van der Waals surface area contributed by atoms with E-state index < -0.39 is 0 Å². The third kappa shape index (κ3) is 3.17. The van der Waals surface area contributed by atoms with Gasteiger partial charge in [0, 0.05) is 11.3 Å². The lowest BCUT2D eigenvalue weighted by atomic mass is 10.0. The smallest absolute Gasteiger partial charge is 0.268 e. The molecule has 0 aliphatic rings. The molecule has 2 aromatic carbocycles. The first kappa shape index (κ1) is 15.4. The summed E-state index contributed by atoms with van der Waals surface area (Å²) in [5, 5.41) is 3.05. The lowest BCUT2D eigenvalue weighted by Gasteiger charge is -2.12. The van der Waals surface area contributed by atoms with Crippen molar-refractivity contribution in [2.24, 2.45) is 0 Å². The summed E-state index contributed by atoms with van der Waals surface area (Å²) in [6.45, 7) is 6.09. The zero-order valence-corrected chi connectivity index (χ0v) is 14.2. The van der Waals surface area contributed by atoms with E-state index in [0.717, 1.165) is 28.1 Å². The SMILES string of the molecule is Cc1cc(C)c(NC(=O)c2scnc2-c2ccccc2)c(C)c1. The zero-order chi connectivity index (χ0) is 16.4. The van der Waals surface area contributed by atoms with Crippen molar-refractivity contribution < 1.29 is 4.79 Å². The standard InChI is InChI=1S/C19H18N2OS/c1-12-9-13(2)16(14(3)10-12)21-19(22)18-17(20-11-23-18)15-7-5-4-6-8-15/h4-11H,1-3H3,(H,21,22). The van der Waals surface area contributed by atoms with Crippen LogP contribution in [0.4, 0.5) is 5.69 Å². The minimum atomic E-state index is -0.110. The van der Waals surface area contributed by atoms with E-state index in [2.05, 4.69) is 29.4 Å². The molecule has 0 saturated carbocycles. The number of hydrogen-bond acceptors (Lipinski definition) is 3. The molecule has 116 valence electrons. The first-order valence-electron chi connectivity index (χ1n) is 7.44. The van der Waals surface area contributed by atoms with Crippen molar-refractivity contribution in [2.75, 3.05) is 5.32 Å². The van der Waals surface area contributed by atoms with Crippen molar-refractivity contribution in [1.29, 1.82) is 0 Å². The van der Waals surface area contributed by atoms with Crippen LogP contribution in [0.15, 0.2) is 48.0 Å². The summed E-state index contributed by atoms with van der Waals surface area (Å²) in [7, 11) is 0. The maximum atomic E-state index is 12.7. The molecule has 1 aromatic heterocycles. The minimum Gasteiger partial charge on any atom is -0.321 e. The van der Waals surface area contributed by atoms with Crippen molar-refractivity contribution in [3.63, 3.8) is 0 Å². The fourth-order valence-electron chi connectivity index (χ4n) is 2.76. The lowest BCUT2D eigenvalue weighted by Crippen LogP contribution is -2.13. The van der Waals surface area contributed by atoms with Crippen LogP contribution in [0.2, 0.25) is 0 Å². The van der Waals surface area contributed by atoms with E-state index in [4.69, 9.17) is 0 Å². The van der Waals surface area contributed by atoms with Gasteiger partial charge in [-0.25, -0.2) is 4.98 Å². The van der Waals surface area contributed by atoms with Crippen LogP contribution in [-0.4, -0.2) is 10.9 Å². The van der Waals surface area contributed by atoms with Gasteiger partial charge in [-0.1, -0.05) is 48.0 Å². The number of aryl methyl sites for hydroxylation is 3. The molecule has 1 amide bonds. The van der Waals surface area contributed by atoms with E-state index in [9.17, 15) is 4.79 Å². The molecule has 3 aromatic rings. The molecule has 1 heterocycles. The number of amides is 1. The molecule has 0 aliphatic carbocycles. The van der Waals surface area contributed by atoms with E-state index in [-0.39, 0.29) is 5.91 Å². The normalized spacial score (nSPS) is 10.6. The van der Waals surface area contributed by atoms with Crippen molar-refractivity contribution in [2.45, 2.75) is 20.8 Å². The van der Waals surface area contributed by atoms with Crippen molar-refractivity contribution in [3.8, 4) is 11.3 Å². The highest BCUT2D eigenvalue weighted by Crippen LogP contribution is 2.28. The highest BCUT2D eigenvalue weighted by Gasteiger charge is 2.17. The Morgan fingerprint density at radius 1 is 1.04 bits per heavy atom. The second-order valence-electron chi connectivity index (χ2n) is 5.62. The summed E-state index contributed by atoms with van der Waals surface area (Å²) in [5.41, 5.74) is 7.62. The summed E-state index contributed by atoms with van der Waals surface area (Å²) in [4.78, 5) is 17.7. The molecule has 0 fully saturated rings. The first-order chi connectivity index (χ1) is 11.1. The van der Waals surface area contributed by atoms with Gasteiger partial charge in [-0.2, -0.15) is 0 Å². The third-order valence-electron chi connectivity index (χ3n) is 3.74. The van der Waals surface area contributed by atoms with Crippen LogP contribution in [0.3, 0.4) is 0 Å². The van der Waals surface area contributed by atoms with Gasteiger partial charge in [-0.3, -0.25) is 4.79 Å². The quantitative estimate of drug-likeness (QED) is 0.738. The largest absolute Gasteiger partial charge is 0.321 e. The topological polar surface area (TPSA) is 42.0 Å². The highest BCUT2D eigenvalue weighted by atomic mass is 32.1. The van der Waals surface area contributed by atoms with Gasteiger partial charge in [0.25, 0.3) is 5.91 Å². The Morgan fingerprint density at radius 2 is 1.70 bits per heavy atom. The number of hydrogen-bond donors (Lipinski definition) is 1. The van der Waals surface area contributed by atoms with Gasteiger partial charge in [0.1, 0.15) is 4.88 Å². The minimum absolute atomic E-state index is 0.110. The van der Waals surface area contributed by atoms with Crippen LogP contribution in [0.1, 0.15) is 26.4 Å². The average Bonchev–Trinajstić information content (AvgIpc) is 3.01. The van der Waals surface area contributed by atoms with Gasteiger partial charge in [-0.15, -0.1) is 11.3 Å². The second-order valence-corrected chi connectivity index (χ2v) is 6.48. The van der Waals surface area contributed by atoms with Crippen LogP contribution in [0.5, 0.6) is 0 Å². The number of rotatable bonds is 3. The molecular formula is C19H18N2OS. The molecule has 0 aliphatic heterocycles. The molecule has 3 nitrogen and oxygen atoms in total. The first-order valence-corrected chi connectivity index (χ1v) is 8.32. The molecule has 0 saturated heterocycles. The third-order valence-corrected chi connectivity index (χ3v) is 4.56. The summed E-state index contributed by atoms with van der Waals surface area (Å²) in [6.07, 6.45) is 0. The summed E-state index contributed by atoms with van der Waals surface area (Å²) in [5.74, 6) is -0.110. The summed E-state index contributed by atoms with van der Waals surface area (Å²) in [6, 6.07) is 13.9. The van der Waals surface area contributed by atoms with E-state index in [1.807, 2.05) is 44.2 Å². The van der Waals surface area contributed by atoms with Gasteiger partial charge in [0.15, 0.2) is 0 Å². The predicted molar refractivity (Wildman–Crippen MR) is 96.2 cm³/mol. The van der Waals surface area contributed by atoms with Gasteiger partial charge >= 0.3 is 0 Å². The van der Waals surface area contributed by atoms with Crippen LogP contribution in [0, 0.1) is 20.8 Å². The molecule has 1 N–H and O–H groups in total. The zero-order valence-electron chi connectivity index (χ0n) is 13.4. The monoisotopic (exact) mass is 322 g/mol. The van der Waals surface area contributed by atoms with Crippen LogP contribution < -0.4 is 5.32 Å². The Kier molecular flexibility index (Phi) is 4.26. The lowest BCUT2D eigenvalue weighted by molar-refractivity contribution is 0.103. The Hall–Kier alpha value is -2.46. The number of carbonyl (C=O) groups excluding carboxylic acids is 1. The van der Waals surface area contributed by atoms with Crippen LogP contribution in [0.25, 0.3) is 11.3 Å². The van der Waals surface area contributed by atoms with E-state index in [0.29, 0.717) is 4.88 Å². The number of anilines is 1. The van der Waals surface area contributed by atoms with Crippen LogP contribution >= 0.6 is 11.3 Å². The molecule has 4 heteroatoms. The van der Waals surface area contributed by atoms with Crippen molar-refractivity contribution in [1.82, 2.24) is 4.98 Å². The molecular weight excluding hydrogens is 304 g/mol. The fraction of sp³-hybridized carbons (Fsp3) is 0.158. The molecule has 0 bridgehead atoms. The van der Waals surface area contributed by atoms with Gasteiger partial charge in [0.05, 0.1) is 11.2 Å². The van der Waals surface area contributed by atoms with Crippen molar-refractivity contribution in [3.05, 3.63) is 69.5 Å². The number of nitrogens with zero attached hydrogens (tertiary/aromatic N) is 1. The summed E-state index contributed by atoms with van der Waals surface area (Å²) >= 11 is 1.36. The van der Waals surface area contributed by atoms with E-state index >= 15 is 0 Å². The Balaban J connectivity index is 1.93. The summed E-state index contributed by atoms with van der Waals surface area (Å²) < 4.78 is 0. The average molecular weight is 322 g/mol. The fourth-order valence-corrected chi connectivity index (χ4v) is 3.46. The number of thiazole rings is 1. The van der Waals surface area contributed by atoms with E-state index in [1.165, 1.54) is 16.9 Å². The molecule has 23 heavy (non-hydrogen) atoms. The number of nitrogens with one attached hydrogen (secondary N) is 1. The molecule has 0 spiro atoms. The van der Waals surface area contributed by atoms with E-state index in [1.54, 1.807) is 5.51 Å². The Morgan fingerprint density at radius 3 is 2.35 bits per heavy atom. The van der Waals surface area contributed by atoms with Crippen molar-refractivity contribution >= 4 is 22.9 Å². The molecule has 3 rings (SSSR count). The number of carbonyl (C=O) groups is 1. The maximum absolute atomic E-state index is 12.7. The van der Waals surface area contributed by atoms with Crippen LogP contribution in [-0.2, 0) is 0 Å². The second kappa shape index (κ2) is 6.34. The van der Waals surface area contributed by atoms with Gasteiger partial charge in [-0.05, 0) is 31.9 Å². The highest BCUT2D eigenvalue weighted by molar-refractivity contribution is 7.12.